The van der Waals surface area contributed by atoms with Gasteiger partial charge in [0.25, 0.3) is 0 Å². The standard InChI is InChI=1S/C13H16N2O2/c1-8-5-11(8)13(17)15-10-4-2-3-9(6-10)12(16)7-14/h2-4,6,8,11H,5,7,14H2,1H3,(H,15,17). The third-order valence-electron chi connectivity index (χ3n) is 3.08. The maximum Gasteiger partial charge on any atom is 0.227 e. The van der Waals surface area contributed by atoms with E-state index >= 15 is 0 Å². The first kappa shape index (κ1) is 11.8. The van der Waals surface area contributed by atoms with Gasteiger partial charge in [0, 0.05) is 17.2 Å². The maximum absolute atomic E-state index is 11.7. The number of benzene rings is 1. The van der Waals surface area contributed by atoms with Crippen molar-refractivity contribution in [3.8, 4) is 0 Å². The largest absolute Gasteiger partial charge is 0.326 e. The highest BCUT2D eigenvalue weighted by Gasteiger charge is 2.39. The highest BCUT2D eigenvalue weighted by Crippen LogP contribution is 2.38. The summed E-state index contributed by atoms with van der Waals surface area (Å²) in [6.07, 6.45) is 0.952. The summed E-state index contributed by atoms with van der Waals surface area (Å²) < 4.78 is 0. The zero-order valence-electron chi connectivity index (χ0n) is 9.77. The molecular weight excluding hydrogens is 216 g/mol. The van der Waals surface area contributed by atoms with E-state index in [0.29, 0.717) is 17.2 Å². The van der Waals surface area contributed by atoms with E-state index in [0.717, 1.165) is 6.42 Å². The molecule has 4 nitrogen and oxygen atoms in total. The predicted molar refractivity (Wildman–Crippen MR) is 65.7 cm³/mol. The van der Waals surface area contributed by atoms with E-state index in [-0.39, 0.29) is 24.2 Å². The van der Waals surface area contributed by atoms with Crippen LogP contribution in [0.5, 0.6) is 0 Å². The van der Waals surface area contributed by atoms with Gasteiger partial charge < -0.3 is 11.1 Å². The fraction of sp³-hybridized carbons (Fsp3) is 0.385. The first-order valence-corrected chi connectivity index (χ1v) is 5.76. The lowest BCUT2D eigenvalue weighted by Crippen LogP contribution is -2.16. The highest BCUT2D eigenvalue weighted by atomic mass is 16.2. The molecule has 1 fully saturated rings. The van der Waals surface area contributed by atoms with Crippen LogP contribution in [0.2, 0.25) is 0 Å². The van der Waals surface area contributed by atoms with Gasteiger partial charge in [0.2, 0.25) is 5.91 Å². The molecule has 1 aromatic carbocycles. The maximum atomic E-state index is 11.7. The second-order valence-electron chi connectivity index (χ2n) is 4.52. The molecule has 1 amide bonds. The fourth-order valence-electron chi connectivity index (χ4n) is 1.81. The van der Waals surface area contributed by atoms with Gasteiger partial charge in [-0.05, 0) is 24.5 Å². The quantitative estimate of drug-likeness (QED) is 0.771. The summed E-state index contributed by atoms with van der Waals surface area (Å²) in [6, 6.07) is 6.89. The molecule has 1 aromatic rings. The van der Waals surface area contributed by atoms with Crippen LogP contribution in [0.15, 0.2) is 24.3 Å². The lowest BCUT2D eigenvalue weighted by molar-refractivity contribution is -0.117. The van der Waals surface area contributed by atoms with Crippen molar-refractivity contribution in [2.75, 3.05) is 11.9 Å². The molecular formula is C13H16N2O2. The Morgan fingerprint density at radius 1 is 1.47 bits per heavy atom. The Hall–Kier alpha value is -1.68. The number of carbonyl (C=O) groups is 2. The van der Waals surface area contributed by atoms with Crippen LogP contribution in [0.1, 0.15) is 23.7 Å². The Kier molecular flexibility index (Phi) is 3.24. The molecule has 3 N–H and O–H groups in total. The predicted octanol–water partition coefficient (Wildman–Crippen LogP) is 1.42. The van der Waals surface area contributed by atoms with Crippen LogP contribution in [0, 0.1) is 11.8 Å². The Morgan fingerprint density at radius 2 is 2.18 bits per heavy atom. The van der Waals surface area contributed by atoms with Crippen molar-refractivity contribution in [1.29, 1.82) is 0 Å². The van der Waals surface area contributed by atoms with Gasteiger partial charge in [0.05, 0.1) is 6.54 Å². The number of hydrogen-bond donors (Lipinski definition) is 2. The molecule has 4 heteroatoms. The van der Waals surface area contributed by atoms with Crippen LogP contribution >= 0.6 is 0 Å². The van der Waals surface area contributed by atoms with Gasteiger partial charge in [-0.1, -0.05) is 19.1 Å². The summed E-state index contributed by atoms with van der Waals surface area (Å²) in [5, 5.41) is 2.82. The van der Waals surface area contributed by atoms with Gasteiger partial charge in [-0.3, -0.25) is 9.59 Å². The van der Waals surface area contributed by atoms with Crippen molar-refractivity contribution in [3.05, 3.63) is 29.8 Å². The first-order valence-electron chi connectivity index (χ1n) is 5.76. The van der Waals surface area contributed by atoms with E-state index in [4.69, 9.17) is 5.73 Å². The number of rotatable bonds is 4. The van der Waals surface area contributed by atoms with Crippen molar-refractivity contribution < 1.29 is 9.59 Å². The lowest BCUT2D eigenvalue weighted by atomic mass is 10.1. The van der Waals surface area contributed by atoms with Gasteiger partial charge in [-0.2, -0.15) is 0 Å². The van der Waals surface area contributed by atoms with Gasteiger partial charge in [0.15, 0.2) is 5.78 Å². The third-order valence-corrected chi connectivity index (χ3v) is 3.08. The van der Waals surface area contributed by atoms with E-state index in [2.05, 4.69) is 12.2 Å². The van der Waals surface area contributed by atoms with E-state index in [1.807, 2.05) is 0 Å². The number of anilines is 1. The molecule has 0 saturated heterocycles. The molecule has 0 aliphatic heterocycles. The van der Waals surface area contributed by atoms with Crippen LogP contribution < -0.4 is 11.1 Å². The molecule has 0 bridgehead atoms. The van der Waals surface area contributed by atoms with Gasteiger partial charge >= 0.3 is 0 Å². The Labute approximate surface area is 100 Å². The summed E-state index contributed by atoms with van der Waals surface area (Å²) in [7, 11) is 0. The number of nitrogens with two attached hydrogens (primary N) is 1. The zero-order valence-corrected chi connectivity index (χ0v) is 9.77. The summed E-state index contributed by atoms with van der Waals surface area (Å²) in [5.41, 5.74) is 6.49. The Morgan fingerprint density at radius 3 is 2.76 bits per heavy atom. The van der Waals surface area contributed by atoms with Crippen molar-refractivity contribution in [2.24, 2.45) is 17.6 Å². The van der Waals surface area contributed by atoms with Crippen LogP contribution in [-0.2, 0) is 4.79 Å². The highest BCUT2D eigenvalue weighted by molar-refractivity contribution is 6.00. The van der Waals surface area contributed by atoms with Gasteiger partial charge in [-0.15, -0.1) is 0 Å². The Bertz CT molecular complexity index is 456. The van der Waals surface area contributed by atoms with Crippen molar-refractivity contribution in [2.45, 2.75) is 13.3 Å². The minimum absolute atomic E-state index is 0.0168. The molecule has 2 rings (SSSR count). The number of ketones is 1. The SMILES string of the molecule is CC1CC1C(=O)Nc1cccc(C(=O)CN)c1. The van der Waals surface area contributed by atoms with Gasteiger partial charge in [-0.25, -0.2) is 0 Å². The monoisotopic (exact) mass is 232 g/mol. The summed E-state index contributed by atoms with van der Waals surface area (Å²) in [5.74, 6) is 0.517. The molecule has 2 atom stereocenters. The number of amides is 1. The molecule has 0 spiro atoms. The van der Waals surface area contributed by atoms with Crippen molar-refractivity contribution in [3.63, 3.8) is 0 Å². The topological polar surface area (TPSA) is 72.2 Å². The zero-order chi connectivity index (χ0) is 12.4. The molecule has 1 saturated carbocycles. The normalized spacial score (nSPS) is 22.0. The van der Waals surface area contributed by atoms with E-state index in [9.17, 15) is 9.59 Å². The number of hydrogen-bond acceptors (Lipinski definition) is 3. The van der Waals surface area contributed by atoms with Gasteiger partial charge in [0.1, 0.15) is 0 Å². The third kappa shape index (κ3) is 2.71. The minimum Gasteiger partial charge on any atom is -0.326 e. The van der Waals surface area contributed by atoms with Crippen LogP contribution in [0.4, 0.5) is 5.69 Å². The molecule has 17 heavy (non-hydrogen) atoms. The Balaban J connectivity index is 2.06. The average molecular weight is 232 g/mol. The molecule has 0 aromatic heterocycles. The fourth-order valence-corrected chi connectivity index (χ4v) is 1.81. The minimum atomic E-state index is -0.124. The molecule has 2 unspecified atom stereocenters. The van der Waals surface area contributed by atoms with Crippen LogP contribution in [0.3, 0.4) is 0 Å². The van der Waals surface area contributed by atoms with E-state index < -0.39 is 0 Å². The molecule has 0 radical (unpaired) electrons. The van der Waals surface area contributed by atoms with Crippen molar-refractivity contribution >= 4 is 17.4 Å². The second-order valence-corrected chi connectivity index (χ2v) is 4.52. The lowest BCUT2D eigenvalue weighted by Gasteiger charge is -2.06. The number of nitrogens with one attached hydrogen (secondary N) is 1. The molecule has 1 aliphatic carbocycles. The van der Waals surface area contributed by atoms with E-state index in [1.54, 1.807) is 24.3 Å². The van der Waals surface area contributed by atoms with Crippen LogP contribution in [-0.4, -0.2) is 18.2 Å². The average Bonchev–Trinajstić information content (AvgIpc) is 3.06. The van der Waals surface area contributed by atoms with Crippen molar-refractivity contribution in [1.82, 2.24) is 0 Å². The second kappa shape index (κ2) is 4.67. The summed E-state index contributed by atoms with van der Waals surface area (Å²) in [6.45, 7) is 2.04. The van der Waals surface area contributed by atoms with Crippen LogP contribution in [0.25, 0.3) is 0 Å². The summed E-state index contributed by atoms with van der Waals surface area (Å²) in [4.78, 5) is 23.1. The summed E-state index contributed by atoms with van der Waals surface area (Å²) >= 11 is 0. The number of carbonyl (C=O) groups excluding carboxylic acids is 2. The smallest absolute Gasteiger partial charge is 0.227 e. The number of Topliss-reactive ketones (excluding diaryl/α,β-unsaturated/α-hetero) is 1. The molecule has 0 heterocycles. The molecule has 1 aliphatic rings. The molecule has 90 valence electrons. The first-order chi connectivity index (χ1) is 8.11. The van der Waals surface area contributed by atoms with E-state index in [1.165, 1.54) is 0 Å².